The van der Waals surface area contributed by atoms with Crippen LogP contribution in [0.15, 0.2) is 67.1 Å². The van der Waals surface area contributed by atoms with Crippen molar-refractivity contribution in [1.29, 1.82) is 0 Å². The summed E-state index contributed by atoms with van der Waals surface area (Å²) in [6, 6.07) is 13.1. The van der Waals surface area contributed by atoms with Crippen LogP contribution < -0.4 is 20.1 Å². The highest BCUT2D eigenvalue weighted by Crippen LogP contribution is 2.28. The van der Waals surface area contributed by atoms with E-state index in [1.54, 1.807) is 67.2 Å². The van der Waals surface area contributed by atoms with E-state index in [-0.39, 0.29) is 24.2 Å². The number of benzene rings is 1. The van der Waals surface area contributed by atoms with Gasteiger partial charge in [0.1, 0.15) is 23.0 Å². The number of hydrogen-bond donors (Lipinski definition) is 2. The lowest BCUT2D eigenvalue weighted by molar-refractivity contribution is 0.0949. The molecule has 0 aliphatic heterocycles. The van der Waals surface area contributed by atoms with E-state index in [0.717, 1.165) is 0 Å². The lowest BCUT2D eigenvalue weighted by Gasteiger charge is -2.13. The number of hydrogen-bond acceptors (Lipinski definition) is 6. The molecule has 0 saturated carbocycles. The van der Waals surface area contributed by atoms with E-state index in [9.17, 15) is 14.0 Å². The number of nitrogens with zero attached hydrogens (tertiary/aromatic N) is 3. The summed E-state index contributed by atoms with van der Waals surface area (Å²) in [5, 5.41) is 5.50. The maximum absolute atomic E-state index is 13.9. The molecular formula is C26H24FN5O4. The van der Waals surface area contributed by atoms with Gasteiger partial charge in [0.25, 0.3) is 11.8 Å². The van der Waals surface area contributed by atoms with Crippen LogP contribution >= 0.6 is 0 Å². The number of methoxy groups -OCH3 is 1. The molecule has 36 heavy (non-hydrogen) atoms. The van der Waals surface area contributed by atoms with E-state index in [1.807, 2.05) is 0 Å². The molecule has 184 valence electrons. The fraction of sp³-hybridized carbons (Fsp3) is 0.154. The summed E-state index contributed by atoms with van der Waals surface area (Å²) in [5.41, 5.74) is 2.00. The smallest absolute Gasteiger partial charge is 0.273 e. The third-order valence-electron chi connectivity index (χ3n) is 5.42. The normalized spacial score (nSPS) is 10.6. The Labute approximate surface area is 206 Å². The third-order valence-corrected chi connectivity index (χ3v) is 5.42. The SMILES string of the molecule is COc1ncc(CNC(=O)c2cccc(Oc3ccnc(NC(=O)c4cccn4C)c3)c2C)cc1F. The summed E-state index contributed by atoms with van der Waals surface area (Å²) in [4.78, 5) is 33.3. The molecule has 3 heterocycles. The van der Waals surface area contributed by atoms with Gasteiger partial charge in [-0.2, -0.15) is 0 Å². The number of carbonyl (C=O) groups is 2. The fourth-order valence-corrected chi connectivity index (χ4v) is 3.51. The molecule has 0 atom stereocenters. The number of rotatable bonds is 8. The number of halogens is 1. The molecule has 0 fully saturated rings. The number of pyridine rings is 2. The second-order valence-electron chi connectivity index (χ2n) is 7.88. The van der Waals surface area contributed by atoms with Crippen molar-refractivity contribution in [2.24, 2.45) is 7.05 Å². The van der Waals surface area contributed by atoms with Gasteiger partial charge >= 0.3 is 0 Å². The second kappa shape index (κ2) is 10.7. The average molecular weight is 490 g/mol. The van der Waals surface area contributed by atoms with Crippen molar-refractivity contribution in [3.05, 3.63) is 95.3 Å². The highest BCUT2D eigenvalue weighted by molar-refractivity contribution is 6.02. The van der Waals surface area contributed by atoms with Crippen LogP contribution in [-0.2, 0) is 13.6 Å². The highest BCUT2D eigenvalue weighted by Gasteiger charge is 2.15. The van der Waals surface area contributed by atoms with Crippen LogP contribution in [0.4, 0.5) is 10.2 Å². The number of ether oxygens (including phenoxy) is 2. The van der Waals surface area contributed by atoms with Crippen molar-refractivity contribution in [1.82, 2.24) is 19.9 Å². The number of nitrogens with one attached hydrogen (secondary N) is 2. The van der Waals surface area contributed by atoms with E-state index < -0.39 is 5.82 Å². The fourth-order valence-electron chi connectivity index (χ4n) is 3.51. The molecule has 0 spiro atoms. The number of aryl methyl sites for hydroxylation is 1. The summed E-state index contributed by atoms with van der Waals surface area (Å²) in [6.07, 6.45) is 4.73. The second-order valence-corrected chi connectivity index (χ2v) is 7.88. The summed E-state index contributed by atoms with van der Waals surface area (Å²) in [6.45, 7) is 1.85. The molecule has 3 aromatic heterocycles. The van der Waals surface area contributed by atoms with Crippen LogP contribution in [0.3, 0.4) is 0 Å². The van der Waals surface area contributed by atoms with Crippen LogP contribution in [0.25, 0.3) is 0 Å². The monoisotopic (exact) mass is 489 g/mol. The Balaban J connectivity index is 1.44. The minimum Gasteiger partial charge on any atom is -0.479 e. The molecule has 2 amide bonds. The molecule has 0 radical (unpaired) electrons. The number of carbonyl (C=O) groups excluding carboxylic acids is 2. The number of aromatic nitrogens is 3. The molecule has 0 unspecified atom stereocenters. The average Bonchev–Trinajstić information content (AvgIpc) is 3.30. The Bertz CT molecular complexity index is 1420. The van der Waals surface area contributed by atoms with Gasteiger partial charge in [0.2, 0.25) is 5.88 Å². The highest BCUT2D eigenvalue weighted by atomic mass is 19.1. The Kier molecular flexibility index (Phi) is 7.24. The first-order valence-corrected chi connectivity index (χ1v) is 11.0. The van der Waals surface area contributed by atoms with Crippen molar-refractivity contribution in [2.75, 3.05) is 12.4 Å². The first-order valence-electron chi connectivity index (χ1n) is 11.0. The molecule has 0 bridgehead atoms. The standard InChI is InChI=1S/C26H24FN5O4/c1-16-19(24(33)29-14-17-12-20(27)26(35-3)30-15-17)6-4-8-22(16)36-18-9-10-28-23(13-18)31-25(34)21-7-5-11-32(21)2/h4-13,15H,14H2,1-3H3,(H,29,33)(H,28,31,34). The predicted octanol–water partition coefficient (Wildman–Crippen LogP) is 4.25. The lowest BCUT2D eigenvalue weighted by atomic mass is 10.1. The van der Waals surface area contributed by atoms with Crippen LogP contribution in [0.2, 0.25) is 0 Å². The summed E-state index contributed by atoms with van der Waals surface area (Å²) < 4.78 is 26.4. The first-order chi connectivity index (χ1) is 17.4. The van der Waals surface area contributed by atoms with Gasteiger partial charge in [0.05, 0.1) is 7.11 Å². The van der Waals surface area contributed by atoms with Crippen molar-refractivity contribution in [3.63, 3.8) is 0 Å². The minimum absolute atomic E-state index is 0.0891. The van der Waals surface area contributed by atoms with Crippen molar-refractivity contribution >= 4 is 17.6 Å². The zero-order valence-electron chi connectivity index (χ0n) is 19.9. The Morgan fingerprint density at radius 1 is 1.08 bits per heavy atom. The molecule has 0 saturated heterocycles. The molecule has 1 aromatic carbocycles. The van der Waals surface area contributed by atoms with Gasteiger partial charge in [-0.3, -0.25) is 9.59 Å². The summed E-state index contributed by atoms with van der Waals surface area (Å²) in [7, 11) is 3.11. The van der Waals surface area contributed by atoms with Gasteiger partial charge in [-0.25, -0.2) is 14.4 Å². The lowest BCUT2D eigenvalue weighted by Crippen LogP contribution is -2.24. The Morgan fingerprint density at radius 3 is 2.64 bits per heavy atom. The van der Waals surface area contributed by atoms with E-state index in [0.29, 0.717) is 39.7 Å². The molecule has 4 aromatic rings. The molecule has 4 rings (SSSR count). The minimum atomic E-state index is -0.604. The topological polar surface area (TPSA) is 107 Å². The van der Waals surface area contributed by atoms with Gasteiger partial charge in [0, 0.05) is 49.4 Å². The largest absolute Gasteiger partial charge is 0.479 e. The number of anilines is 1. The third kappa shape index (κ3) is 5.49. The van der Waals surface area contributed by atoms with Gasteiger partial charge in [-0.05, 0) is 48.9 Å². The molecular weight excluding hydrogens is 465 g/mol. The van der Waals surface area contributed by atoms with E-state index >= 15 is 0 Å². The van der Waals surface area contributed by atoms with Crippen LogP contribution in [-0.4, -0.2) is 33.5 Å². The van der Waals surface area contributed by atoms with Gasteiger partial charge in [-0.1, -0.05) is 6.07 Å². The maximum Gasteiger partial charge on any atom is 0.273 e. The zero-order chi connectivity index (χ0) is 25.7. The maximum atomic E-state index is 13.9. The van der Waals surface area contributed by atoms with Crippen molar-refractivity contribution in [3.8, 4) is 17.4 Å². The molecule has 9 nitrogen and oxygen atoms in total. The Morgan fingerprint density at radius 2 is 1.92 bits per heavy atom. The molecule has 0 aliphatic rings. The van der Waals surface area contributed by atoms with Gasteiger partial charge in [-0.15, -0.1) is 0 Å². The summed E-state index contributed by atoms with van der Waals surface area (Å²) >= 11 is 0. The molecule has 10 heteroatoms. The Hall–Kier alpha value is -4.73. The van der Waals surface area contributed by atoms with Crippen LogP contribution in [0.5, 0.6) is 17.4 Å². The molecule has 2 N–H and O–H groups in total. The van der Waals surface area contributed by atoms with Crippen LogP contribution in [0, 0.1) is 12.7 Å². The predicted molar refractivity (Wildman–Crippen MR) is 131 cm³/mol. The van der Waals surface area contributed by atoms with Crippen LogP contribution in [0.1, 0.15) is 32.0 Å². The van der Waals surface area contributed by atoms with E-state index in [4.69, 9.17) is 9.47 Å². The van der Waals surface area contributed by atoms with E-state index in [2.05, 4.69) is 20.6 Å². The first kappa shape index (κ1) is 24.4. The van der Waals surface area contributed by atoms with Gasteiger partial charge < -0.3 is 24.7 Å². The van der Waals surface area contributed by atoms with Crippen molar-refractivity contribution in [2.45, 2.75) is 13.5 Å². The quantitative estimate of drug-likeness (QED) is 0.383. The van der Waals surface area contributed by atoms with Gasteiger partial charge in [0.15, 0.2) is 5.82 Å². The van der Waals surface area contributed by atoms with E-state index in [1.165, 1.54) is 25.6 Å². The molecule has 0 aliphatic carbocycles. The number of amides is 2. The summed E-state index contributed by atoms with van der Waals surface area (Å²) in [5.74, 6) is -0.130. The zero-order valence-corrected chi connectivity index (χ0v) is 19.9. The van der Waals surface area contributed by atoms with Crippen molar-refractivity contribution < 1.29 is 23.5 Å².